The van der Waals surface area contributed by atoms with E-state index in [0.717, 1.165) is 72.0 Å². The first kappa shape index (κ1) is 61.3. The monoisotopic (exact) mass is 1140 g/mol. The maximum Gasteiger partial charge on any atom is 0.339 e. The van der Waals surface area contributed by atoms with E-state index in [9.17, 15) is 24.3 Å². The molecule has 0 saturated carbocycles. The molecule has 0 spiro atoms. The van der Waals surface area contributed by atoms with Crippen LogP contribution in [-0.2, 0) is 41.7 Å². The number of rotatable bonds is 14. The van der Waals surface area contributed by atoms with Gasteiger partial charge in [0.25, 0.3) is 11.8 Å². The second kappa shape index (κ2) is 25.1. The van der Waals surface area contributed by atoms with Gasteiger partial charge in [0, 0.05) is 70.5 Å². The maximum atomic E-state index is 13.1. The van der Waals surface area contributed by atoms with Gasteiger partial charge in [0.05, 0.1) is 11.1 Å². The van der Waals surface area contributed by atoms with Gasteiger partial charge in [-0.25, -0.2) is 9.59 Å². The first-order chi connectivity index (χ1) is 40.7. The number of carbonyl (C=O) groups is 4. The van der Waals surface area contributed by atoms with E-state index < -0.39 is 11.6 Å². The van der Waals surface area contributed by atoms with Gasteiger partial charge in [-0.2, -0.15) is 0 Å². The van der Waals surface area contributed by atoms with Gasteiger partial charge in [0.1, 0.15) is 5.60 Å². The number of hydrogen-bond donors (Lipinski definition) is 3. The number of amides is 2. The van der Waals surface area contributed by atoms with Crippen molar-refractivity contribution < 1.29 is 29.0 Å². The number of hydrogen-bond acceptors (Lipinski definition) is 5. The first-order valence-corrected chi connectivity index (χ1v) is 29.5. The molecule has 440 valence electrons. The highest BCUT2D eigenvalue weighted by molar-refractivity contribution is 6.01. The number of benzene rings is 8. The molecule has 0 radical (unpaired) electrons. The van der Waals surface area contributed by atoms with Crippen LogP contribution in [0.15, 0.2) is 182 Å². The van der Waals surface area contributed by atoms with Gasteiger partial charge in [-0.1, -0.05) is 175 Å². The zero-order valence-corrected chi connectivity index (χ0v) is 52.0. The van der Waals surface area contributed by atoms with Crippen LogP contribution in [0, 0.1) is 27.7 Å². The van der Waals surface area contributed by atoms with Crippen molar-refractivity contribution in [3.8, 4) is 22.3 Å². The summed E-state index contributed by atoms with van der Waals surface area (Å²) in [4.78, 5) is 50.7. The maximum absolute atomic E-state index is 13.1. The lowest BCUT2D eigenvalue weighted by Crippen LogP contribution is -2.24. The lowest BCUT2D eigenvalue weighted by molar-refractivity contribution is 0.00699. The normalized spacial score (nSPS) is 11.7. The number of fused-ring (bicyclic) bond motifs is 2. The number of carboxylic acids is 1. The topological polar surface area (TPSA) is 132 Å². The van der Waals surface area contributed by atoms with Crippen molar-refractivity contribution in [2.45, 2.75) is 133 Å². The predicted octanol–water partition coefficient (Wildman–Crippen LogP) is 17.1. The molecular weight excluding hydrogens is 1060 g/mol. The molecule has 10 aromatic rings. The fourth-order valence-electron chi connectivity index (χ4n) is 10.9. The fourth-order valence-corrected chi connectivity index (χ4v) is 10.9. The lowest BCUT2D eigenvalue weighted by atomic mass is 9.87. The quantitative estimate of drug-likeness (QED) is 0.0930. The standard InChI is InChI=1S/C40H44N2O3.C36H36N2O3/c1-26-27(2)42(25-29-13-17-30(18-14-29)33-11-9-10-12-34(33)38(44)45-40(6,7)8)36-22-19-31(23-35(26)36)37(43)41-24-28-15-20-32(21-16-28)39(3,4)5;1-23-24(2)38(22-26-10-14-27(15-11-26)30-8-6-7-9-31(30)35(40)41)33-19-16-28(20-32(23)33)34(39)37-21-25-12-17-29(18-13-25)36(3,4)5/h9-23H,24-25H2,1-8H3,(H,41,43);6-20H,21-22H2,1-5H3,(H,37,39)(H,40,41). The minimum Gasteiger partial charge on any atom is -0.478 e. The van der Waals surface area contributed by atoms with E-state index in [-0.39, 0.29) is 28.6 Å². The highest BCUT2D eigenvalue weighted by Crippen LogP contribution is 2.33. The van der Waals surface area contributed by atoms with Crippen LogP contribution >= 0.6 is 0 Å². The van der Waals surface area contributed by atoms with E-state index in [1.54, 1.807) is 12.1 Å². The number of nitrogens with one attached hydrogen (secondary N) is 2. The molecule has 0 fully saturated rings. The Morgan fingerprint density at radius 1 is 0.442 bits per heavy atom. The van der Waals surface area contributed by atoms with Crippen LogP contribution in [0.3, 0.4) is 0 Å². The lowest BCUT2D eigenvalue weighted by Gasteiger charge is -2.20. The van der Waals surface area contributed by atoms with Crippen LogP contribution in [0.5, 0.6) is 0 Å². The predicted molar refractivity (Wildman–Crippen MR) is 350 cm³/mol. The summed E-state index contributed by atoms with van der Waals surface area (Å²) in [7, 11) is 0. The molecule has 0 unspecified atom stereocenters. The number of nitrogens with zero attached hydrogens (tertiary/aromatic N) is 2. The molecule has 2 amide bonds. The molecule has 2 aromatic heterocycles. The Balaban J connectivity index is 0.000000206. The number of esters is 1. The third kappa shape index (κ3) is 14.1. The molecule has 10 nitrogen and oxygen atoms in total. The zero-order chi connectivity index (χ0) is 61.8. The summed E-state index contributed by atoms with van der Waals surface area (Å²) in [6.07, 6.45) is 0. The molecule has 3 N–H and O–H groups in total. The van der Waals surface area contributed by atoms with Crippen molar-refractivity contribution >= 4 is 45.6 Å². The summed E-state index contributed by atoms with van der Waals surface area (Å²) in [6, 6.07) is 59.7. The molecule has 0 aliphatic heterocycles. The van der Waals surface area contributed by atoms with Crippen LogP contribution in [0.25, 0.3) is 44.1 Å². The van der Waals surface area contributed by atoms with Crippen LogP contribution in [-0.4, -0.2) is 43.6 Å². The molecule has 10 rings (SSSR count). The van der Waals surface area contributed by atoms with E-state index in [2.05, 4.69) is 162 Å². The number of ether oxygens (including phenoxy) is 1. The Morgan fingerprint density at radius 2 is 0.802 bits per heavy atom. The molecule has 0 aliphatic carbocycles. The third-order valence-corrected chi connectivity index (χ3v) is 16.3. The van der Waals surface area contributed by atoms with Crippen LogP contribution < -0.4 is 10.6 Å². The average molecular weight is 1150 g/mol. The van der Waals surface area contributed by atoms with Crippen LogP contribution in [0.1, 0.15) is 160 Å². The molecule has 0 aliphatic rings. The second-order valence-electron chi connectivity index (χ2n) is 25.6. The highest BCUT2D eigenvalue weighted by Gasteiger charge is 2.23. The summed E-state index contributed by atoms with van der Waals surface area (Å²) in [5, 5.41) is 17.8. The molecule has 2 heterocycles. The molecule has 86 heavy (non-hydrogen) atoms. The fraction of sp³-hybridized carbons (Fsp3) is 0.263. The Kier molecular flexibility index (Phi) is 17.9. The molecule has 0 saturated heterocycles. The summed E-state index contributed by atoms with van der Waals surface area (Å²) >= 11 is 0. The van der Waals surface area contributed by atoms with Gasteiger partial charge in [-0.15, -0.1) is 0 Å². The number of aromatic carboxylic acids is 1. The van der Waals surface area contributed by atoms with Crippen molar-refractivity contribution in [2.75, 3.05) is 0 Å². The Labute approximate surface area is 506 Å². The number of aryl methyl sites for hydroxylation is 2. The van der Waals surface area contributed by atoms with Crippen LogP contribution in [0.4, 0.5) is 0 Å². The van der Waals surface area contributed by atoms with Gasteiger partial charge in [0.2, 0.25) is 0 Å². The summed E-state index contributed by atoms with van der Waals surface area (Å²) in [6.45, 7) is 29.6. The van der Waals surface area contributed by atoms with Gasteiger partial charge in [-0.3, -0.25) is 9.59 Å². The minimum atomic E-state index is -0.933. The number of carboxylic acid groups (broad SMARTS) is 1. The SMILES string of the molecule is Cc1c(C)n(Cc2ccc(-c3ccccc3C(=O)O)cc2)c2ccc(C(=O)NCc3ccc(C(C)(C)C)cc3)cc12.Cc1c(C)n(Cc2ccc(-c3ccccc3C(=O)OC(C)(C)C)cc2)c2ccc(C(=O)NCc3ccc(C(C)(C)C)cc3)cc12. The summed E-state index contributed by atoms with van der Waals surface area (Å²) in [5.74, 6) is -1.43. The van der Waals surface area contributed by atoms with Gasteiger partial charge in [0.15, 0.2) is 0 Å². The smallest absolute Gasteiger partial charge is 0.339 e. The van der Waals surface area contributed by atoms with E-state index in [1.165, 1.54) is 22.4 Å². The molecule has 10 heteroatoms. The Bertz CT molecular complexity index is 4120. The average Bonchev–Trinajstić information content (AvgIpc) is 3.13. The first-order valence-electron chi connectivity index (χ1n) is 29.5. The third-order valence-electron chi connectivity index (χ3n) is 16.3. The Hall–Kier alpha value is -9.28. The van der Waals surface area contributed by atoms with E-state index in [1.807, 2.05) is 118 Å². The van der Waals surface area contributed by atoms with Gasteiger partial charge >= 0.3 is 11.9 Å². The largest absolute Gasteiger partial charge is 0.478 e. The Morgan fingerprint density at radius 3 is 1.17 bits per heavy atom. The van der Waals surface area contributed by atoms with E-state index >= 15 is 0 Å². The summed E-state index contributed by atoms with van der Waals surface area (Å²) in [5.41, 5.74) is 18.9. The number of aromatic nitrogens is 2. The zero-order valence-electron chi connectivity index (χ0n) is 52.0. The number of carbonyl (C=O) groups excluding carboxylic acids is 3. The molecule has 0 atom stereocenters. The minimum absolute atomic E-state index is 0.0798. The molecular formula is C76H80N4O6. The van der Waals surface area contributed by atoms with Crippen molar-refractivity contribution in [2.24, 2.45) is 0 Å². The van der Waals surface area contributed by atoms with Gasteiger partial charge < -0.3 is 29.6 Å². The van der Waals surface area contributed by atoms with Crippen molar-refractivity contribution in [3.05, 3.63) is 260 Å². The van der Waals surface area contributed by atoms with E-state index in [4.69, 9.17) is 4.74 Å². The molecule has 8 aromatic carbocycles. The highest BCUT2D eigenvalue weighted by atomic mass is 16.6. The van der Waals surface area contributed by atoms with Crippen molar-refractivity contribution in [3.63, 3.8) is 0 Å². The van der Waals surface area contributed by atoms with Crippen molar-refractivity contribution in [1.29, 1.82) is 0 Å². The van der Waals surface area contributed by atoms with E-state index in [0.29, 0.717) is 54.0 Å². The molecule has 0 bridgehead atoms. The van der Waals surface area contributed by atoms with Gasteiger partial charge in [-0.05, 0) is 175 Å². The summed E-state index contributed by atoms with van der Waals surface area (Å²) < 4.78 is 10.2. The van der Waals surface area contributed by atoms with Crippen molar-refractivity contribution in [1.82, 2.24) is 19.8 Å². The second-order valence-corrected chi connectivity index (χ2v) is 25.6. The van der Waals surface area contributed by atoms with Crippen LogP contribution in [0.2, 0.25) is 0 Å².